The van der Waals surface area contributed by atoms with Crippen LogP contribution in [0.25, 0.3) is 0 Å². The summed E-state index contributed by atoms with van der Waals surface area (Å²) in [7, 11) is 1.77. The van der Waals surface area contributed by atoms with Crippen molar-refractivity contribution in [2.24, 2.45) is 11.7 Å². The first-order valence-corrected chi connectivity index (χ1v) is 5.95. The normalized spacial score (nSPS) is 12.6. The van der Waals surface area contributed by atoms with Gasteiger partial charge in [0.05, 0.1) is 5.00 Å². The van der Waals surface area contributed by atoms with Crippen molar-refractivity contribution in [3.8, 4) is 0 Å². The van der Waals surface area contributed by atoms with E-state index in [0.717, 1.165) is 9.47 Å². The maximum absolute atomic E-state index is 11.7. The molecule has 3 nitrogen and oxygen atoms in total. The summed E-state index contributed by atoms with van der Waals surface area (Å²) in [5.41, 5.74) is 5.44. The van der Waals surface area contributed by atoms with Crippen LogP contribution in [-0.4, -0.2) is 19.5 Å². The van der Waals surface area contributed by atoms with Gasteiger partial charge in [0.25, 0.3) is 0 Å². The number of hydrogen-bond donors (Lipinski definition) is 1. The molecule has 1 unspecified atom stereocenters. The van der Waals surface area contributed by atoms with E-state index in [-0.39, 0.29) is 11.8 Å². The second-order valence-corrected chi connectivity index (χ2v) is 4.94. The molecule has 0 aliphatic carbocycles. The molecule has 1 amide bonds. The zero-order valence-corrected chi connectivity index (χ0v) is 10.6. The van der Waals surface area contributed by atoms with Crippen molar-refractivity contribution < 1.29 is 4.79 Å². The summed E-state index contributed by atoms with van der Waals surface area (Å²) in [6.45, 7) is 2.22. The lowest BCUT2D eigenvalue weighted by Crippen LogP contribution is -2.34. The molecule has 78 valence electrons. The number of hydrogen-bond acceptors (Lipinski definition) is 3. The van der Waals surface area contributed by atoms with Gasteiger partial charge in [0.15, 0.2) is 0 Å². The number of carbonyl (C=O) groups excluding carboxylic acids is 1. The Labute approximate surface area is 96.0 Å². The Kier molecular flexibility index (Phi) is 4.10. The van der Waals surface area contributed by atoms with Crippen LogP contribution in [-0.2, 0) is 4.79 Å². The van der Waals surface area contributed by atoms with Crippen LogP contribution in [0.5, 0.6) is 0 Å². The Morgan fingerprint density at radius 3 is 2.86 bits per heavy atom. The molecule has 1 aromatic rings. The second-order valence-electron chi connectivity index (χ2n) is 3.14. The van der Waals surface area contributed by atoms with E-state index >= 15 is 0 Å². The first kappa shape index (κ1) is 11.7. The van der Waals surface area contributed by atoms with Gasteiger partial charge in [-0.25, -0.2) is 0 Å². The van der Waals surface area contributed by atoms with Crippen molar-refractivity contribution in [1.29, 1.82) is 0 Å². The molecule has 14 heavy (non-hydrogen) atoms. The fraction of sp³-hybridized carbons (Fsp3) is 0.444. The molecule has 0 spiro atoms. The molecule has 1 aromatic heterocycles. The molecule has 0 aliphatic rings. The van der Waals surface area contributed by atoms with Gasteiger partial charge in [-0.3, -0.25) is 4.79 Å². The SMILES string of the molecule is CC(CN)C(=O)N(C)c1cc(Br)cs1. The summed E-state index contributed by atoms with van der Waals surface area (Å²) in [5, 5.41) is 2.88. The lowest BCUT2D eigenvalue weighted by Gasteiger charge is -2.18. The Morgan fingerprint density at radius 2 is 2.43 bits per heavy atom. The zero-order valence-electron chi connectivity index (χ0n) is 8.16. The number of halogens is 1. The highest BCUT2D eigenvalue weighted by Crippen LogP contribution is 2.27. The van der Waals surface area contributed by atoms with Gasteiger partial charge in [-0.05, 0) is 22.0 Å². The monoisotopic (exact) mass is 276 g/mol. The standard InChI is InChI=1S/C9H13BrN2OS/c1-6(4-11)9(13)12(2)8-3-7(10)5-14-8/h3,5-6H,4,11H2,1-2H3. The van der Waals surface area contributed by atoms with E-state index in [4.69, 9.17) is 5.73 Å². The molecule has 0 aliphatic heterocycles. The Bertz CT molecular complexity index is 326. The number of thiophene rings is 1. The first-order chi connectivity index (χ1) is 6.56. The maximum Gasteiger partial charge on any atom is 0.231 e. The van der Waals surface area contributed by atoms with E-state index in [9.17, 15) is 4.79 Å². The fourth-order valence-electron chi connectivity index (χ4n) is 1.02. The number of amides is 1. The van der Waals surface area contributed by atoms with Crippen molar-refractivity contribution in [2.45, 2.75) is 6.92 Å². The third-order valence-electron chi connectivity index (χ3n) is 1.99. The summed E-state index contributed by atoms with van der Waals surface area (Å²) in [5.74, 6) is -0.0669. The predicted octanol–water partition coefficient (Wildman–Crippen LogP) is 2.07. The molecule has 0 saturated carbocycles. The van der Waals surface area contributed by atoms with Crippen LogP contribution in [0.4, 0.5) is 5.00 Å². The fourth-order valence-corrected chi connectivity index (χ4v) is 2.41. The lowest BCUT2D eigenvalue weighted by molar-refractivity contribution is -0.121. The number of nitrogens with two attached hydrogens (primary N) is 1. The highest BCUT2D eigenvalue weighted by molar-refractivity contribution is 9.10. The van der Waals surface area contributed by atoms with Gasteiger partial charge in [-0.2, -0.15) is 0 Å². The molecule has 0 radical (unpaired) electrons. The van der Waals surface area contributed by atoms with Gasteiger partial charge in [0.2, 0.25) is 5.91 Å². The lowest BCUT2D eigenvalue weighted by atomic mass is 10.1. The third kappa shape index (κ3) is 2.56. The van der Waals surface area contributed by atoms with Gasteiger partial charge >= 0.3 is 0 Å². The van der Waals surface area contributed by atoms with E-state index in [1.54, 1.807) is 11.9 Å². The van der Waals surface area contributed by atoms with Crippen molar-refractivity contribution in [1.82, 2.24) is 0 Å². The molecule has 1 atom stereocenters. The van der Waals surface area contributed by atoms with Crippen LogP contribution in [0.1, 0.15) is 6.92 Å². The van der Waals surface area contributed by atoms with Gasteiger partial charge in [-0.15, -0.1) is 11.3 Å². The van der Waals surface area contributed by atoms with Gasteiger partial charge in [0, 0.05) is 29.4 Å². The quantitative estimate of drug-likeness (QED) is 0.919. The summed E-state index contributed by atoms with van der Waals surface area (Å²) in [6.07, 6.45) is 0. The Morgan fingerprint density at radius 1 is 1.79 bits per heavy atom. The largest absolute Gasteiger partial charge is 0.330 e. The van der Waals surface area contributed by atoms with Crippen LogP contribution in [0.3, 0.4) is 0 Å². The predicted molar refractivity (Wildman–Crippen MR) is 63.6 cm³/mol. The van der Waals surface area contributed by atoms with Crippen molar-refractivity contribution in [2.75, 3.05) is 18.5 Å². The molecule has 0 aromatic carbocycles. The average molecular weight is 277 g/mol. The molecule has 5 heteroatoms. The van der Waals surface area contributed by atoms with Crippen molar-refractivity contribution >= 4 is 38.2 Å². The number of anilines is 1. The second kappa shape index (κ2) is 4.91. The molecule has 0 saturated heterocycles. The van der Waals surface area contributed by atoms with Crippen LogP contribution in [0.15, 0.2) is 15.9 Å². The molecule has 0 fully saturated rings. The van der Waals surface area contributed by atoms with E-state index < -0.39 is 0 Å². The van der Waals surface area contributed by atoms with Crippen LogP contribution in [0.2, 0.25) is 0 Å². The number of rotatable bonds is 3. The van der Waals surface area contributed by atoms with Gasteiger partial charge < -0.3 is 10.6 Å². The number of nitrogens with zero attached hydrogens (tertiary/aromatic N) is 1. The molecule has 2 N–H and O–H groups in total. The third-order valence-corrected chi connectivity index (χ3v) is 3.76. The first-order valence-electron chi connectivity index (χ1n) is 4.28. The average Bonchev–Trinajstić information content (AvgIpc) is 2.61. The number of carbonyl (C=O) groups is 1. The van der Waals surface area contributed by atoms with Crippen molar-refractivity contribution in [3.63, 3.8) is 0 Å². The molecule has 1 heterocycles. The minimum Gasteiger partial charge on any atom is -0.330 e. The zero-order chi connectivity index (χ0) is 10.7. The maximum atomic E-state index is 11.7. The molecular weight excluding hydrogens is 264 g/mol. The highest BCUT2D eigenvalue weighted by atomic mass is 79.9. The highest BCUT2D eigenvalue weighted by Gasteiger charge is 2.18. The van der Waals surface area contributed by atoms with Gasteiger partial charge in [0.1, 0.15) is 0 Å². The molecule has 1 rings (SSSR count). The minimum atomic E-state index is -0.124. The van der Waals surface area contributed by atoms with Crippen LogP contribution < -0.4 is 10.6 Å². The summed E-state index contributed by atoms with van der Waals surface area (Å²) >= 11 is 4.88. The van der Waals surface area contributed by atoms with Crippen molar-refractivity contribution in [3.05, 3.63) is 15.9 Å². The van der Waals surface area contributed by atoms with Crippen LogP contribution >= 0.6 is 27.3 Å². The van der Waals surface area contributed by atoms with E-state index in [0.29, 0.717) is 6.54 Å². The minimum absolute atomic E-state index is 0.0573. The molecular formula is C9H13BrN2OS. The summed E-state index contributed by atoms with van der Waals surface area (Å²) in [4.78, 5) is 13.4. The Hall–Kier alpha value is -0.390. The summed E-state index contributed by atoms with van der Waals surface area (Å²) in [6, 6.07) is 1.92. The van der Waals surface area contributed by atoms with E-state index in [2.05, 4.69) is 15.9 Å². The summed E-state index contributed by atoms with van der Waals surface area (Å²) < 4.78 is 0.998. The molecule has 0 bridgehead atoms. The van der Waals surface area contributed by atoms with E-state index in [1.807, 2.05) is 18.4 Å². The van der Waals surface area contributed by atoms with Gasteiger partial charge in [-0.1, -0.05) is 6.92 Å². The van der Waals surface area contributed by atoms with Crippen LogP contribution in [0, 0.1) is 5.92 Å². The van der Waals surface area contributed by atoms with E-state index in [1.165, 1.54) is 11.3 Å². The smallest absolute Gasteiger partial charge is 0.231 e. The Balaban J connectivity index is 2.75. The topological polar surface area (TPSA) is 46.3 Å².